The topological polar surface area (TPSA) is 38.0 Å². The van der Waals surface area contributed by atoms with Crippen molar-refractivity contribution in [2.75, 3.05) is 11.1 Å². The molecule has 88 valence electrons. The van der Waals surface area contributed by atoms with Crippen molar-refractivity contribution in [2.45, 2.75) is 0 Å². The Hall–Kier alpha value is -1.01. The van der Waals surface area contributed by atoms with Gasteiger partial charge >= 0.3 is 0 Å². The fraction of sp³-hybridized carbons (Fsp3) is 0. The highest BCUT2D eigenvalue weighted by Crippen LogP contribution is 2.28. The Morgan fingerprint density at radius 1 is 1.18 bits per heavy atom. The number of nitrogen functional groups attached to an aromatic ring is 1. The molecule has 0 amide bonds. The lowest BCUT2D eigenvalue weighted by atomic mass is 10.2. The normalized spacial score (nSPS) is 10.3. The third-order valence-corrected chi connectivity index (χ3v) is 3.11. The molecule has 0 unspecified atom stereocenters. The van der Waals surface area contributed by atoms with Gasteiger partial charge in [0.2, 0.25) is 0 Å². The van der Waals surface area contributed by atoms with E-state index in [2.05, 4.69) is 27.9 Å². The SMILES string of the molecule is Nc1cc(F)cc(Nc2ccc(I)cc2Cl)c1. The number of hydrogen-bond donors (Lipinski definition) is 2. The van der Waals surface area contributed by atoms with Crippen LogP contribution >= 0.6 is 34.2 Å². The highest BCUT2D eigenvalue weighted by Gasteiger charge is 2.03. The van der Waals surface area contributed by atoms with Crippen molar-refractivity contribution in [1.29, 1.82) is 0 Å². The van der Waals surface area contributed by atoms with Crippen LogP contribution in [0.25, 0.3) is 0 Å². The van der Waals surface area contributed by atoms with E-state index in [9.17, 15) is 4.39 Å². The van der Waals surface area contributed by atoms with E-state index in [-0.39, 0.29) is 5.82 Å². The predicted octanol–water partition coefficient (Wildman–Crippen LogP) is 4.41. The average molecular weight is 363 g/mol. The standard InChI is InChI=1S/C12H9ClFIN2/c13-11-5-8(15)1-2-12(11)17-10-4-7(14)3-9(16)6-10/h1-6,17H,16H2. The zero-order valence-corrected chi connectivity index (χ0v) is 11.6. The largest absolute Gasteiger partial charge is 0.399 e. The molecule has 17 heavy (non-hydrogen) atoms. The number of benzene rings is 2. The molecule has 0 atom stereocenters. The van der Waals surface area contributed by atoms with Gasteiger partial charge in [0.1, 0.15) is 5.82 Å². The van der Waals surface area contributed by atoms with Crippen LogP contribution in [-0.4, -0.2) is 0 Å². The lowest BCUT2D eigenvalue weighted by molar-refractivity contribution is 0.629. The van der Waals surface area contributed by atoms with Crippen molar-refractivity contribution in [1.82, 2.24) is 0 Å². The highest BCUT2D eigenvalue weighted by atomic mass is 127. The minimum absolute atomic E-state index is 0.370. The van der Waals surface area contributed by atoms with Gasteiger partial charge in [-0.15, -0.1) is 0 Å². The lowest BCUT2D eigenvalue weighted by Crippen LogP contribution is -1.94. The van der Waals surface area contributed by atoms with E-state index in [1.807, 2.05) is 18.2 Å². The molecule has 2 rings (SSSR count). The molecule has 0 aliphatic rings. The van der Waals surface area contributed by atoms with Crippen molar-refractivity contribution < 1.29 is 4.39 Å². The molecular formula is C12H9ClFIN2. The molecule has 0 aliphatic heterocycles. The third kappa shape index (κ3) is 3.23. The number of rotatable bonds is 2. The third-order valence-electron chi connectivity index (χ3n) is 2.13. The molecule has 0 saturated heterocycles. The molecule has 0 bridgehead atoms. The summed E-state index contributed by atoms with van der Waals surface area (Å²) in [5.41, 5.74) is 7.22. The zero-order chi connectivity index (χ0) is 12.4. The molecular weight excluding hydrogens is 354 g/mol. The summed E-state index contributed by atoms with van der Waals surface area (Å²) < 4.78 is 14.2. The van der Waals surface area contributed by atoms with Crippen LogP contribution < -0.4 is 11.1 Å². The second kappa shape index (κ2) is 5.10. The fourth-order valence-corrected chi connectivity index (χ4v) is 2.33. The first kappa shape index (κ1) is 12.4. The van der Waals surface area contributed by atoms with Crippen LogP contribution in [0.15, 0.2) is 36.4 Å². The van der Waals surface area contributed by atoms with Gasteiger partial charge in [-0.3, -0.25) is 0 Å². The smallest absolute Gasteiger partial charge is 0.127 e. The zero-order valence-electron chi connectivity index (χ0n) is 8.68. The monoisotopic (exact) mass is 362 g/mol. The summed E-state index contributed by atoms with van der Waals surface area (Å²) in [4.78, 5) is 0. The van der Waals surface area contributed by atoms with Crippen molar-refractivity contribution in [2.24, 2.45) is 0 Å². The Morgan fingerprint density at radius 3 is 2.59 bits per heavy atom. The van der Waals surface area contributed by atoms with Crippen molar-refractivity contribution >= 4 is 51.3 Å². The van der Waals surface area contributed by atoms with E-state index in [1.165, 1.54) is 12.1 Å². The summed E-state index contributed by atoms with van der Waals surface area (Å²) in [5.74, 6) is -0.380. The van der Waals surface area contributed by atoms with E-state index in [1.54, 1.807) is 6.07 Å². The van der Waals surface area contributed by atoms with Gasteiger partial charge in [0.05, 0.1) is 10.7 Å². The van der Waals surface area contributed by atoms with Gasteiger partial charge in [0, 0.05) is 14.9 Å². The Labute approximate surface area is 117 Å². The molecule has 2 aromatic rings. The van der Waals surface area contributed by atoms with E-state index in [0.29, 0.717) is 16.4 Å². The van der Waals surface area contributed by atoms with E-state index < -0.39 is 0 Å². The second-order valence-electron chi connectivity index (χ2n) is 3.52. The molecule has 0 radical (unpaired) electrons. The van der Waals surface area contributed by atoms with Gasteiger partial charge in [0.25, 0.3) is 0 Å². The molecule has 3 N–H and O–H groups in total. The summed E-state index contributed by atoms with van der Waals surface area (Å²) in [6.07, 6.45) is 0. The van der Waals surface area contributed by atoms with Gasteiger partial charge in [-0.05, 0) is 59.0 Å². The molecule has 0 heterocycles. The Morgan fingerprint density at radius 2 is 1.94 bits per heavy atom. The van der Waals surface area contributed by atoms with Gasteiger partial charge in [-0.1, -0.05) is 11.6 Å². The van der Waals surface area contributed by atoms with Crippen LogP contribution in [0.1, 0.15) is 0 Å². The first-order valence-electron chi connectivity index (χ1n) is 4.83. The summed E-state index contributed by atoms with van der Waals surface area (Å²) in [7, 11) is 0. The van der Waals surface area contributed by atoms with Crippen molar-refractivity contribution in [3.63, 3.8) is 0 Å². The minimum Gasteiger partial charge on any atom is -0.399 e. The van der Waals surface area contributed by atoms with E-state index in [0.717, 1.165) is 9.26 Å². The number of nitrogens with one attached hydrogen (secondary N) is 1. The summed E-state index contributed by atoms with van der Waals surface area (Å²) in [6.45, 7) is 0. The highest BCUT2D eigenvalue weighted by molar-refractivity contribution is 14.1. The van der Waals surface area contributed by atoms with Crippen molar-refractivity contribution in [3.8, 4) is 0 Å². The average Bonchev–Trinajstić information content (AvgIpc) is 2.21. The first-order valence-corrected chi connectivity index (χ1v) is 6.28. The molecule has 2 nitrogen and oxygen atoms in total. The van der Waals surface area contributed by atoms with E-state index >= 15 is 0 Å². The number of nitrogens with two attached hydrogens (primary N) is 1. The summed E-state index contributed by atoms with van der Waals surface area (Å²) >= 11 is 8.24. The van der Waals surface area contributed by atoms with Gasteiger partial charge in [-0.25, -0.2) is 4.39 Å². The summed E-state index contributed by atoms with van der Waals surface area (Å²) in [5, 5.41) is 3.61. The maximum absolute atomic E-state index is 13.1. The summed E-state index contributed by atoms with van der Waals surface area (Å²) in [6, 6.07) is 9.86. The van der Waals surface area contributed by atoms with Crippen LogP contribution in [0.3, 0.4) is 0 Å². The molecule has 0 fully saturated rings. The predicted molar refractivity (Wildman–Crippen MR) is 78.3 cm³/mol. The maximum Gasteiger partial charge on any atom is 0.127 e. The minimum atomic E-state index is -0.380. The molecule has 0 aliphatic carbocycles. The lowest BCUT2D eigenvalue weighted by Gasteiger charge is -2.09. The van der Waals surface area contributed by atoms with Gasteiger partial charge in [0.15, 0.2) is 0 Å². The molecule has 0 spiro atoms. The molecule has 0 aromatic heterocycles. The molecule has 0 saturated carbocycles. The van der Waals surface area contributed by atoms with Crippen LogP contribution in [0, 0.1) is 9.39 Å². The molecule has 5 heteroatoms. The van der Waals surface area contributed by atoms with Gasteiger partial charge < -0.3 is 11.1 Å². The van der Waals surface area contributed by atoms with E-state index in [4.69, 9.17) is 17.3 Å². The molecule has 2 aromatic carbocycles. The van der Waals surface area contributed by atoms with Crippen molar-refractivity contribution in [3.05, 3.63) is 50.8 Å². The first-order chi connectivity index (χ1) is 8.04. The van der Waals surface area contributed by atoms with Crippen LogP contribution in [0.2, 0.25) is 5.02 Å². The second-order valence-corrected chi connectivity index (χ2v) is 5.18. The fourth-order valence-electron chi connectivity index (χ4n) is 1.43. The Bertz CT molecular complexity index is 540. The number of hydrogen-bond acceptors (Lipinski definition) is 2. The quantitative estimate of drug-likeness (QED) is 0.613. The number of anilines is 3. The number of halogens is 3. The Balaban J connectivity index is 2.31. The maximum atomic E-state index is 13.1. The van der Waals surface area contributed by atoms with Crippen LogP contribution in [0.5, 0.6) is 0 Å². The Kier molecular flexibility index (Phi) is 3.73. The van der Waals surface area contributed by atoms with Gasteiger partial charge in [-0.2, -0.15) is 0 Å². The van der Waals surface area contributed by atoms with Crippen LogP contribution in [-0.2, 0) is 0 Å². The van der Waals surface area contributed by atoms with Crippen LogP contribution in [0.4, 0.5) is 21.5 Å².